The number of halogens is 4. The van der Waals surface area contributed by atoms with Gasteiger partial charge in [-0.25, -0.2) is 4.98 Å². The zero-order valence-electron chi connectivity index (χ0n) is 16.3. The maximum Gasteiger partial charge on any atom is 0.417 e. The lowest BCUT2D eigenvalue weighted by molar-refractivity contribution is -0.137. The van der Waals surface area contributed by atoms with Gasteiger partial charge in [0.2, 0.25) is 5.88 Å². The SMILES string of the molecule is CN=C(NCCOc1ncc(C(F)(F)F)cc1Cl)NC1CCN(C(C)C)CC1. The number of hydrogen-bond acceptors (Lipinski definition) is 4. The van der Waals surface area contributed by atoms with Gasteiger partial charge in [-0.05, 0) is 32.8 Å². The van der Waals surface area contributed by atoms with Gasteiger partial charge in [0.15, 0.2) is 5.96 Å². The van der Waals surface area contributed by atoms with Crippen molar-refractivity contribution in [3.63, 3.8) is 0 Å². The summed E-state index contributed by atoms with van der Waals surface area (Å²) in [7, 11) is 1.69. The zero-order valence-corrected chi connectivity index (χ0v) is 17.1. The molecule has 0 unspecified atom stereocenters. The molecule has 28 heavy (non-hydrogen) atoms. The van der Waals surface area contributed by atoms with Crippen LogP contribution >= 0.6 is 11.6 Å². The minimum Gasteiger partial charge on any atom is -0.475 e. The first kappa shape index (κ1) is 22.5. The molecule has 0 bridgehead atoms. The summed E-state index contributed by atoms with van der Waals surface area (Å²) in [6, 6.07) is 1.72. The number of nitrogens with zero attached hydrogens (tertiary/aromatic N) is 3. The predicted octanol–water partition coefficient (Wildman–Crippen LogP) is 3.17. The maximum atomic E-state index is 12.6. The van der Waals surface area contributed by atoms with E-state index < -0.39 is 11.7 Å². The van der Waals surface area contributed by atoms with Crippen LogP contribution in [0.4, 0.5) is 13.2 Å². The van der Waals surface area contributed by atoms with Crippen LogP contribution < -0.4 is 15.4 Å². The standard InChI is InChI=1S/C18H27ClF3N5O/c1-12(2)27-7-4-14(5-8-27)26-17(23-3)24-6-9-28-16-15(19)10-13(11-25-16)18(20,21)22/h10-12,14H,4-9H2,1-3H3,(H2,23,24,26). The van der Waals surface area contributed by atoms with Crippen molar-refractivity contribution in [2.45, 2.75) is 44.9 Å². The second-order valence-corrected chi connectivity index (χ2v) is 7.31. The molecule has 2 heterocycles. The Labute approximate surface area is 168 Å². The van der Waals surface area contributed by atoms with E-state index in [1.54, 1.807) is 7.05 Å². The molecular formula is C18H27ClF3N5O. The number of piperidine rings is 1. The predicted molar refractivity (Wildman–Crippen MR) is 104 cm³/mol. The Balaban J connectivity index is 1.73. The Morgan fingerprint density at radius 1 is 1.39 bits per heavy atom. The fourth-order valence-electron chi connectivity index (χ4n) is 2.95. The first-order valence-electron chi connectivity index (χ1n) is 9.27. The van der Waals surface area contributed by atoms with Gasteiger partial charge in [-0.3, -0.25) is 4.99 Å². The first-order chi connectivity index (χ1) is 13.2. The summed E-state index contributed by atoms with van der Waals surface area (Å²) < 4.78 is 43.2. The number of hydrogen-bond donors (Lipinski definition) is 2. The Morgan fingerprint density at radius 2 is 2.07 bits per heavy atom. The van der Waals surface area contributed by atoms with E-state index in [2.05, 4.69) is 39.4 Å². The highest BCUT2D eigenvalue weighted by Crippen LogP contribution is 2.32. The molecule has 0 aromatic carbocycles. The molecule has 2 rings (SSSR count). The Hall–Kier alpha value is -1.74. The molecule has 1 saturated heterocycles. The van der Waals surface area contributed by atoms with Crippen LogP contribution in [0.25, 0.3) is 0 Å². The molecule has 1 aliphatic heterocycles. The lowest BCUT2D eigenvalue weighted by Crippen LogP contribution is -2.50. The number of guanidine groups is 1. The first-order valence-corrected chi connectivity index (χ1v) is 9.65. The lowest BCUT2D eigenvalue weighted by Gasteiger charge is -2.35. The fraction of sp³-hybridized carbons (Fsp3) is 0.667. The summed E-state index contributed by atoms with van der Waals surface area (Å²) in [5, 5.41) is 6.34. The van der Waals surface area contributed by atoms with Crippen LogP contribution in [0.3, 0.4) is 0 Å². The molecule has 1 aromatic heterocycles. The van der Waals surface area contributed by atoms with E-state index >= 15 is 0 Å². The number of nitrogens with one attached hydrogen (secondary N) is 2. The molecule has 1 aliphatic rings. The quantitative estimate of drug-likeness (QED) is 0.419. The van der Waals surface area contributed by atoms with Gasteiger partial charge in [-0.15, -0.1) is 0 Å². The second kappa shape index (κ2) is 10.2. The molecular weight excluding hydrogens is 395 g/mol. The topological polar surface area (TPSA) is 61.8 Å². The molecule has 0 aliphatic carbocycles. The zero-order chi connectivity index (χ0) is 20.7. The van der Waals surface area contributed by atoms with Crippen molar-refractivity contribution < 1.29 is 17.9 Å². The third kappa shape index (κ3) is 6.70. The van der Waals surface area contributed by atoms with Gasteiger partial charge in [-0.1, -0.05) is 11.6 Å². The Morgan fingerprint density at radius 3 is 2.61 bits per heavy atom. The van der Waals surface area contributed by atoms with Crippen molar-refractivity contribution in [1.82, 2.24) is 20.5 Å². The summed E-state index contributed by atoms with van der Waals surface area (Å²) in [5.74, 6) is 0.638. The molecule has 1 fully saturated rings. The average Bonchev–Trinajstić information content (AvgIpc) is 2.64. The highest BCUT2D eigenvalue weighted by Gasteiger charge is 2.31. The minimum absolute atomic E-state index is 0.0273. The number of aliphatic imine (C=N–C) groups is 1. The number of ether oxygens (including phenoxy) is 1. The Bertz CT molecular complexity index is 661. The van der Waals surface area contributed by atoms with E-state index in [0.29, 0.717) is 30.8 Å². The van der Waals surface area contributed by atoms with Crippen LogP contribution in [-0.2, 0) is 6.18 Å². The molecule has 2 N–H and O–H groups in total. The van der Waals surface area contributed by atoms with Crippen molar-refractivity contribution in [3.8, 4) is 5.88 Å². The number of aromatic nitrogens is 1. The second-order valence-electron chi connectivity index (χ2n) is 6.90. The van der Waals surface area contributed by atoms with Gasteiger partial charge in [-0.2, -0.15) is 13.2 Å². The van der Waals surface area contributed by atoms with Crippen molar-refractivity contribution >= 4 is 17.6 Å². The van der Waals surface area contributed by atoms with Crippen LogP contribution in [0.1, 0.15) is 32.3 Å². The van der Waals surface area contributed by atoms with Gasteiger partial charge in [0.05, 0.1) is 12.1 Å². The Kier molecular flexibility index (Phi) is 8.18. The molecule has 158 valence electrons. The number of likely N-dealkylation sites (tertiary alicyclic amines) is 1. The van der Waals surface area contributed by atoms with Gasteiger partial charge < -0.3 is 20.3 Å². The smallest absolute Gasteiger partial charge is 0.417 e. The van der Waals surface area contributed by atoms with Crippen molar-refractivity contribution in [1.29, 1.82) is 0 Å². The highest BCUT2D eigenvalue weighted by molar-refractivity contribution is 6.31. The third-order valence-electron chi connectivity index (χ3n) is 4.59. The van der Waals surface area contributed by atoms with E-state index in [-0.39, 0.29) is 17.5 Å². The summed E-state index contributed by atoms with van der Waals surface area (Å²) in [6.45, 7) is 7.09. The van der Waals surface area contributed by atoms with Crippen LogP contribution in [-0.4, -0.2) is 61.2 Å². The normalized spacial score (nSPS) is 17.1. The van der Waals surface area contributed by atoms with Crippen LogP contribution in [0.5, 0.6) is 5.88 Å². The molecule has 0 spiro atoms. The lowest BCUT2D eigenvalue weighted by atomic mass is 10.0. The van der Waals surface area contributed by atoms with Gasteiger partial charge in [0, 0.05) is 38.4 Å². The van der Waals surface area contributed by atoms with Gasteiger partial charge in [0.1, 0.15) is 11.6 Å². The van der Waals surface area contributed by atoms with E-state index in [4.69, 9.17) is 16.3 Å². The number of alkyl halides is 3. The van der Waals surface area contributed by atoms with Gasteiger partial charge in [0.25, 0.3) is 0 Å². The maximum absolute atomic E-state index is 12.6. The molecule has 0 saturated carbocycles. The summed E-state index contributed by atoms with van der Waals surface area (Å²) in [6.07, 6.45) is -1.69. The third-order valence-corrected chi connectivity index (χ3v) is 4.86. The van der Waals surface area contributed by atoms with Crippen molar-refractivity contribution in [2.24, 2.45) is 4.99 Å². The molecule has 10 heteroatoms. The van der Waals surface area contributed by atoms with E-state index in [9.17, 15) is 13.2 Å². The average molecular weight is 422 g/mol. The van der Waals surface area contributed by atoms with Gasteiger partial charge >= 0.3 is 6.18 Å². The van der Waals surface area contributed by atoms with E-state index in [1.165, 1.54) is 0 Å². The summed E-state index contributed by atoms with van der Waals surface area (Å²) >= 11 is 5.82. The van der Waals surface area contributed by atoms with Crippen molar-refractivity contribution in [3.05, 3.63) is 22.8 Å². The van der Waals surface area contributed by atoms with Crippen LogP contribution in [0.15, 0.2) is 17.3 Å². The minimum atomic E-state index is -4.49. The molecule has 6 nitrogen and oxygen atoms in total. The summed E-state index contributed by atoms with van der Waals surface area (Å²) in [5.41, 5.74) is -0.906. The van der Waals surface area contributed by atoms with E-state index in [0.717, 1.165) is 32.0 Å². The monoisotopic (exact) mass is 421 g/mol. The number of pyridine rings is 1. The molecule has 0 amide bonds. The molecule has 0 radical (unpaired) electrons. The van der Waals surface area contributed by atoms with Crippen LogP contribution in [0.2, 0.25) is 5.02 Å². The summed E-state index contributed by atoms with van der Waals surface area (Å²) in [4.78, 5) is 10.3. The van der Waals surface area contributed by atoms with Crippen LogP contribution in [0, 0.1) is 0 Å². The van der Waals surface area contributed by atoms with E-state index in [1.807, 2.05) is 0 Å². The largest absolute Gasteiger partial charge is 0.475 e. The number of rotatable bonds is 6. The van der Waals surface area contributed by atoms with Crippen molar-refractivity contribution in [2.75, 3.05) is 33.3 Å². The fourth-order valence-corrected chi connectivity index (χ4v) is 3.17. The molecule has 0 atom stereocenters. The molecule has 1 aromatic rings. The highest BCUT2D eigenvalue weighted by atomic mass is 35.5.